The van der Waals surface area contributed by atoms with E-state index < -0.39 is 0 Å². The van der Waals surface area contributed by atoms with Gasteiger partial charge in [-0.05, 0) is 20.8 Å². The molecule has 16 heavy (non-hydrogen) atoms. The molecule has 2 rings (SSSR count). The fraction of sp³-hybridized carbons (Fsp3) is 0.700. The van der Waals surface area contributed by atoms with Crippen LogP contribution in [0, 0.1) is 6.92 Å². The van der Waals surface area contributed by atoms with Crippen molar-refractivity contribution in [1.29, 1.82) is 0 Å². The number of carbonyl (C=O) groups is 1. The maximum Gasteiger partial charge on any atom is 0.293 e. The van der Waals surface area contributed by atoms with Crippen molar-refractivity contribution in [1.82, 2.24) is 20.1 Å². The second-order valence-corrected chi connectivity index (χ2v) is 4.19. The Morgan fingerprint density at radius 1 is 1.56 bits per heavy atom. The van der Waals surface area contributed by atoms with E-state index in [4.69, 9.17) is 4.74 Å². The van der Waals surface area contributed by atoms with Crippen LogP contribution in [0.15, 0.2) is 0 Å². The Bertz CT molecular complexity index is 390. The van der Waals surface area contributed by atoms with Crippen LogP contribution in [0.5, 0.6) is 0 Å². The molecule has 0 aliphatic carbocycles. The van der Waals surface area contributed by atoms with E-state index >= 15 is 0 Å². The van der Waals surface area contributed by atoms with E-state index in [1.165, 1.54) is 0 Å². The zero-order valence-electron chi connectivity index (χ0n) is 9.73. The van der Waals surface area contributed by atoms with E-state index in [-0.39, 0.29) is 23.9 Å². The minimum Gasteiger partial charge on any atom is -0.375 e. The normalized spacial score (nSPS) is 25.8. The van der Waals surface area contributed by atoms with Crippen LogP contribution in [-0.2, 0) is 4.74 Å². The van der Waals surface area contributed by atoms with Crippen LogP contribution in [-0.4, -0.2) is 51.3 Å². The van der Waals surface area contributed by atoms with Crippen LogP contribution in [0.25, 0.3) is 0 Å². The number of ether oxygens (including phenoxy) is 1. The van der Waals surface area contributed by atoms with Crippen molar-refractivity contribution in [3.05, 3.63) is 11.6 Å². The highest BCUT2D eigenvalue weighted by Crippen LogP contribution is 2.13. The van der Waals surface area contributed by atoms with Gasteiger partial charge < -0.3 is 9.64 Å². The smallest absolute Gasteiger partial charge is 0.293 e. The molecule has 1 saturated heterocycles. The van der Waals surface area contributed by atoms with E-state index in [2.05, 4.69) is 15.2 Å². The number of H-pyrrole nitrogens is 1. The van der Waals surface area contributed by atoms with Crippen LogP contribution in [0.2, 0.25) is 0 Å². The molecular weight excluding hydrogens is 208 g/mol. The molecule has 1 fully saturated rings. The Labute approximate surface area is 94.0 Å². The minimum atomic E-state index is -0.132. The van der Waals surface area contributed by atoms with Crippen molar-refractivity contribution in [3.63, 3.8) is 0 Å². The summed E-state index contributed by atoms with van der Waals surface area (Å²) in [5.41, 5.74) is 0. The number of aromatic amines is 1. The molecule has 0 aromatic carbocycles. The molecular formula is C10H16N4O2. The number of nitrogens with one attached hydrogen (secondary N) is 1. The van der Waals surface area contributed by atoms with E-state index in [9.17, 15) is 4.79 Å². The summed E-state index contributed by atoms with van der Waals surface area (Å²) in [6.45, 7) is 6.84. The molecule has 1 aromatic heterocycles. The topological polar surface area (TPSA) is 71.1 Å². The second kappa shape index (κ2) is 4.21. The number of aromatic nitrogens is 3. The van der Waals surface area contributed by atoms with Gasteiger partial charge >= 0.3 is 0 Å². The monoisotopic (exact) mass is 224 g/mol. The van der Waals surface area contributed by atoms with Gasteiger partial charge in [-0.15, -0.1) is 5.10 Å². The molecule has 1 amide bonds. The third-order valence-corrected chi connectivity index (χ3v) is 2.66. The standard InChI is InChI=1S/C10H16N4O2/c1-6-5-16-7(2)4-14(6)10(15)9-11-8(3)12-13-9/h6-7H,4-5H2,1-3H3,(H,11,12,13). The first-order valence-corrected chi connectivity index (χ1v) is 5.39. The van der Waals surface area contributed by atoms with E-state index in [0.29, 0.717) is 19.0 Å². The van der Waals surface area contributed by atoms with Gasteiger partial charge in [-0.3, -0.25) is 9.89 Å². The van der Waals surface area contributed by atoms with Crippen molar-refractivity contribution < 1.29 is 9.53 Å². The van der Waals surface area contributed by atoms with Crippen molar-refractivity contribution >= 4 is 5.91 Å². The lowest BCUT2D eigenvalue weighted by Crippen LogP contribution is -2.50. The Kier molecular flexibility index (Phi) is 2.91. The zero-order valence-corrected chi connectivity index (χ0v) is 9.73. The fourth-order valence-corrected chi connectivity index (χ4v) is 1.75. The summed E-state index contributed by atoms with van der Waals surface area (Å²) in [5.74, 6) is 0.753. The number of hydrogen-bond acceptors (Lipinski definition) is 4. The van der Waals surface area contributed by atoms with Crippen molar-refractivity contribution in [2.45, 2.75) is 32.9 Å². The first-order chi connectivity index (χ1) is 7.58. The van der Waals surface area contributed by atoms with Crippen molar-refractivity contribution in [2.24, 2.45) is 0 Å². The van der Waals surface area contributed by atoms with Crippen LogP contribution in [0.1, 0.15) is 30.3 Å². The van der Waals surface area contributed by atoms with Crippen LogP contribution >= 0.6 is 0 Å². The molecule has 2 atom stereocenters. The van der Waals surface area contributed by atoms with Crippen LogP contribution in [0.4, 0.5) is 0 Å². The van der Waals surface area contributed by atoms with Gasteiger partial charge in [-0.1, -0.05) is 0 Å². The molecule has 2 heterocycles. The van der Waals surface area contributed by atoms with Gasteiger partial charge in [-0.2, -0.15) is 0 Å². The van der Waals surface area contributed by atoms with Crippen LogP contribution in [0.3, 0.4) is 0 Å². The summed E-state index contributed by atoms with van der Waals surface area (Å²) < 4.78 is 5.47. The average Bonchev–Trinajstić information content (AvgIpc) is 2.67. The highest BCUT2D eigenvalue weighted by Gasteiger charge is 2.30. The van der Waals surface area contributed by atoms with Crippen molar-refractivity contribution in [3.8, 4) is 0 Å². The molecule has 0 bridgehead atoms. The summed E-state index contributed by atoms with van der Waals surface area (Å²) in [6, 6.07) is 0.0718. The SMILES string of the molecule is Cc1nc(C(=O)N2CC(C)OCC2C)n[nH]1. The lowest BCUT2D eigenvalue weighted by Gasteiger charge is -2.36. The predicted octanol–water partition coefficient (Wildman–Crippen LogP) is 0.363. The largest absolute Gasteiger partial charge is 0.375 e. The molecule has 6 nitrogen and oxygen atoms in total. The van der Waals surface area contributed by atoms with Crippen molar-refractivity contribution in [2.75, 3.05) is 13.2 Å². The first-order valence-electron chi connectivity index (χ1n) is 5.39. The molecule has 0 saturated carbocycles. The highest BCUT2D eigenvalue weighted by molar-refractivity contribution is 5.90. The maximum atomic E-state index is 12.1. The molecule has 0 spiro atoms. The quantitative estimate of drug-likeness (QED) is 0.747. The number of rotatable bonds is 1. The van der Waals surface area contributed by atoms with Gasteiger partial charge in [-0.25, -0.2) is 4.98 Å². The summed E-state index contributed by atoms with van der Waals surface area (Å²) in [4.78, 5) is 17.9. The lowest BCUT2D eigenvalue weighted by molar-refractivity contribution is -0.0391. The van der Waals surface area contributed by atoms with Crippen LogP contribution < -0.4 is 0 Å². The maximum absolute atomic E-state index is 12.1. The molecule has 1 aliphatic heterocycles. The molecule has 88 valence electrons. The third-order valence-electron chi connectivity index (χ3n) is 2.66. The minimum absolute atomic E-state index is 0.0696. The first kappa shape index (κ1) is 11.1. The molecule has 1 N–H and O–H groups in total. The number of morpholine rings is 1. The van der Waals surface area contributed by atoms with Gasteiger partial charge in [0.15, 0.2) is 0 Å². The molecule has 2 unspecified atom stereocenters. The predicted molar refractivity (Wildman–Crippen MR) is 57.0 cm³/mol. The summed E-state index contributed by atoms with van der Waals surface area (Å²) in [5, 5.41) is 6.56. The number of nitrogens with zero attached hydrogens (tertiary/aromatic N) is 3. The van der Waals surface area contributed by atoms with Gasteiger partial charge in [0.2, 0.25) is 5.82 Å². The Hall–Kier alpha value is -1.43. The zero-order chi connectivity index (χ0) is 11.7. The summed E-state index contributed by atoms with van der Waals surface area (Å²) in [6.07, 6.45) is 0.0696. The second-order valence-electron chi connectivity index (χ2n) is 4.19. The summed E-state index contributed by atoms with van der Waals surface area (Å²) in [7, 11) is 0. The Morgan fingerprint density at radius 2 is 2.31 bits per heavy atom. The Morgan fingerprint density at radius 3 is 2.94 bits per heavy atom. The molecule has 0 radical (unpaired) electrons. The number of carbonyl (C=O) groups excluding carboxylic acids is 1. The van der Waals surface area contributed by atoms with Gasteiger partial charge in [0.05, 0.1) is 18.8 Å². The lowest BCUT2D eigenvalue weighted by atomic mass is 10.2. The average molecular weight is 224 g/mol. The summed E-state index contributed by atoms with van der Waals surface area (Å²) >= 11 is 0. The van der Waals surface area contributed by atoms with Gasteiger partial charge in [0.25, 0.3) is 5.91 Å². The Balaban J connectivity index is 2.14. The van der Waals surface area contributed by atoms with E-state index in [0.717, 1.165) is 0 Å². The highest BCUT2D eigenvalue weighted by atomic mass is 16.5. The van der Waals surface area contributed by atoms with Gasteiger partial charge in [0, 0.05) is 6.54 Å². The van der Waals surface area contributed by atoms with Gasteiger partial charge in [0.1, 0.15) is 5.82 Å². The fourth-order valence-electron chi connectivity index (χ4n) is 1.75. The van der Waals surface area contributed by atoms with E-state index in [1.807, 2.05) is 13.8 Å². The molecule has 1 aromatic rings. The number of aryl methyl sites for hydroxylation is 1. The third kappa shape index (κ3) is 2.06. The molecule has 1 aliphatic rings. The molecule has 6 heteroatoms. The van der Waals surface area contributed by atoms with E-state index in [1.54, 1.807) is 11.8 Å². The number of hydrogen-bond donors (Lipinski definition) is 1. The number of amides is 1.